The van der Waals surface area contributed by atoms with Crippen LogP contribution in [0.15, 0.2) is 18.5 Å². The van der Waals surface area contributed by atoms with Crippen molar-refractivity contribution in [2.24, 2.45) is 0 Å². The summed E-state index contributed by atoms with van der Waals surface area (Å²) in [5, 5.41) is 9.71. The zero-order valence-electron chi connectivity index (χ0n) is 11.9. The minimum Gasteiger partial charge on any atom is -0.368 e. The number of aromatic nitrogens is 5. The molecule has 2 rings (SSSR count). The summed E-state index contributed by atoms with van der Waals surface area (Å²) in [6.07, 6.45) is 4.17. The smallest absolute Gasteiger partial charge is 0.257 e. The summed E-state index contributed by atoms with van der Waals surface area (Å²) in [6, 6.07) is 1.26. The predicted molar refractivity (Wildman–Crippen MR) is 77.7 cm³/mol. The lowest BCUT2D eigenvalue weighted by molar-refractivity contribution is -0.121. The van der Waals surface area contributed by atoms with E-state index in [2.05, 4.69) is 30.7 Å². The van der Waals surface area contributed by atoms with E-state index >= 15 is 0 Å². The van der Waals surface area contributed by atoms with Crippen molar-refractivity contribution in [1.29, 1.82) is 0 Å². The molecule has 0 radical (unpaired) electrons. The monoisotopic (exact) mass is 290 g/mol. The molecule has 1 amide bonds. The van der Waals surface area contributed by atoms with E-state index in [4.69, 9.17) is 5.73 Å². The van der Waals surface area contributed by atoms with E-state index < -0.39 is 6.04 Å². The molecule has 0 fully saturated rings. The third kappa shape index (κ3) is 3.88. The predicted octanol–water partition coefficient (Wildman–Crippen LogP) is -0.0339. The van der Waals surface area contributed by atoms with Gasteiger partial charge < -0.3 is 16.4 Å². The molecule has 0 aliphatic heterocycles. The molecule has 2 heterocycles. The van der Waals surface area contributed by atoms with Crippen molar-refractivity contribution in [1.82, 2.24) is 30.0 Å². The van der Waals surface area contributed by atoms with Gasteiger partial charge in [0.15, 0.2) is 0 Å². The number of carbonyl (C=O) groups excluding carboxylic acids is 1. The number of amides is 1. The third-order valence-corrected chi connectivity index (χ3v) is 2.64. The van der Waals surface area contributed by atoms with E-state index in [-0.39, 0.29) is 23.8 Å². The molecule has 0 aliphatic rings. The summed E-state index contributed by atoms with van der Waals surface area (Å²) in [6.45, 7) is 4.34. The van der Waals surface area contributed by atoms with E-state index in [0.29, 0.717) is 6.54 Å². The Kier molecular flexibility index (Phi) is 4.64. The first kappa shape index (κ1) is 14.7. The quantitative estimate of drug-likeness (QED) is 0.682. The van der Waals surface area contributed by atoms with Gasteiger partial charge in [-0.2, -0.15) is 20.1 Å². The van der Waals surface area contributed by atoms with Crippen LogP contribution in [0.25, 0.3) is 5.95 Å². The van der Waals surface area contributed by atoms with Crippen molar-refractivity contribution >= 4 is 17.8 Å². The van der Waals surface area contributed by atoms with E-state index in [1.165, 1.54) is 4.68 Å². The Morgan fingerprint density at radius 1 is 1.43 bits per heavy atom. The minimum atomic E-state index is -0.483. The summed E-state index contributed by atoms with van der Waals surface area (Å²) < 4.78 is 1.46. The first-order valence-corrected chi connectivity index (χ1v) is 6.66. The first-order valence-electron chi connectivity index (χ1n) is 6.66. The number of nitrogens with zero attached hydrogens (tertiary/aromatic N) is 5. The highest BCUT2D eigenvalue weighted by atomic mass is 16.2. The van der Waals surface area contributed by atoms with E-state index in [1.807, 2.05) is 6.92 Å². The molecule has 9 heteroatoms. The molecule has 0 spiro atoms. The van der Waals surface area contributed by atoms with Crippen molar-refractivity contribution in [2.45, 2.75) is 26.3 Å². The molecule has 0 saturated carbocycles. The van der Waals surface area contributed by atoms with E-state index in [9.17, 15) is 4.79 Å². The van der Waals surface area contributed by atoms with Gasteiger partial charge in [-0.3, -0.25) is 4.79 Å². The maximum absolute atomic E-state index is 11.8. The first-order chi connectivity index (χ1) is 10.1. The molecule has 0 aromatic carbocycles. The number of hydrogen-bond acceptors (Lipinski definition) is 7. The number of hydrogen-bond donors (Lipinski definition) is 3. The molecular weight excluding hydrogens is 272 g/mol. The lowest BCUT2D eigenvalue weighted by atomic mass is 10.3. The molecular formula is C12H18N8O. The standard InChI is InChI=1S/C12H18N8O/c1-3-5-14-9(21)8(2)16-11-17-10(13)18-12(19-11)20-7-4-6-15-20/h4,6-8H,3,5H2,1-2H3,(H,14,21)(H3,13,16,17,18,19). The van der Waals surface area contributed by atoms with Crippen LogP contribution in [0, 0.1) is 0 Å². The molecule has 0 saturated heterocycles. The molecule has 0 bridgehead atoms. The van der Waals surface area contributed by atoms with Crippen LogP contribution in [-0.4, -0.2) is 43.2 Å². The lowest BCUT2D eigenvalue weighted by Crippen LogP contribution is -2.38. The number of nitrogens with one attached hydrogen (secondary N) is 2. The fraction of sp³-hybridized carbons (Fsp3) is 0.417. The van der Waals surface area contributed by atoms with E-state index in [0.717, 1.165) is 6.42 Å². The third-order valence-electron chi connectivity index (χ3n) is 2.64. The van der Waals surface area contributed by atoms with Crippen LogP contribution in [0.3, 0.4) is 0 Å². The maximum atomic E-state index is 11.8. The average Bonchev–Trinajstić information content (AvgIpc) is 2.98. The van der Waals surface area contributed by atoms with Gasteiger partial charge in [-0.1, -0.05) is 6.92 Å². The van der Waals surface area contributed by atoms with Crippen molar-refractivity contribution in [3.63, 3.8) is 0 Å². The van der Waals surface area contributed by atoms with Crippen LogP contribution in [0.2, 0.25) is 0 Å². The fourth-order valence-corrected chi connectivity index (χ4v) is 1.60. The number of nitrogen functional groups attached to an aromatic ring is 1. The highest BCUT2D eigenvalue weighted by molar-refractivity contribution is 5.83. The summed E-state index contributed by atoms with van der Waals surface area (Å²) in [5.74, 6) is 0.443. The van der Waals surface area contributed by atoms with Crippen LogP contribution >= 0.6 is 0 Å². The summed E-state index contributed by atoms with van der Waals surface area (Å²) in [7, 11) is 0. The second-order valence-corrected chi connectivity index (χ2v) is 4.42. The van der Waals surface area contributed by atoms with Gasteiger partial charge in [-0.25, -0.2) is 4.68 Å². The number of anilines is 2. The minimum absolute atomic E-state index is 0.0548. The van der Waals surface area contributed by atoms with Crippen LogP contribution in [0.5, 0.6) is 0 Å². The molecule has 1 atom stereocenters. The molecule has 0 aliphatic carbocycles. The van der Waals surface area contributed by atoms with Gasteiger partial charge in [0.1, 0.15) is 6.04 Å². The molecule has 1 unspecified atom stereocenters. The Hall–Kier alpha value is -2.71. The van der Waals surface area contributed by atoms with Crippen LogP contribution < -0.4 is 16.4 Å². The fourth-order valence-electron chi connectivity index (χ4n) is 1.60. The van der Waals surface area contributed by atoms with Gasteiger partial charge in [0.25, 0.3) is 5.95 Å². The van der Waals surface area contributed by atoms with Crippen LogP contribution in [0.4, 0.5) is 11.9 Å². The topological polar surface area (TPSA) is 124 Å². The largest absolute Gasteiger partial charge is 0.368 e. The normalized spacial score (nSPS) is 11.9. The van der Waals surface area contributed by atoms with Gasteiger partial charge in [0.2, 0.25) is 17.8 Å². The maximum Gasteiger partial charge on any atom is 0.257 e. The highest BCUT2D eigenvalue weighted by Crippen LogP contribution is 2.07. The molecule has 4 N–H and O–H groups in total. The average molecular weight is 290 g/mol. The van der Waals surface area contributed by atoms with Crippen molar-refractivity contribution < 1.29 is 4.79 Å². The Balaban J connectivity index is 2.11. The second-order valence-electron chi connectivity index (χ2n) is 4.42. The molecule has 112 valence electrons. The van der Waals surface area contributed by atoms with Gasteiger partial charge in [0.05, 0.1) is 0 Å². The Morgan fingerprint density at radius 2 is 2.24 bits per heavy atom. The lowest BCUT2D eigenvalue weighted by Gasteiger charge is -2.14. The summed E-state index contributed by atoms with van der Waals surface area (Å²) in [5.41, 5.74) is 5.65. The second kappa shape index (κ2) is 6.64. The molecule has 2 aromatic heterocycles. The van der Waals surface area contributed by atoms with Crippen LogP contribution in [-0.2, 0) is 4.79 Å². The molecule has 2 aromatic rings. The number of carbonyl (C=O) groups is 1. The SMILES string of the molecule is CCCNC(=O)C(C)Nc1nc(N)nc(-n2cccn2)n1. The Morgan fingerprint density at radius 3 is 2.90 bits per heavy atom. The van der Waals surface area contributed by atoms with Gasteiger partial charge in [-0.05, 0) is 19.4 Å². The Bertz CT molecular complexity index is 597. The number of nitrogens with two attached hydrogens (primary N) is 1. The van der Waals surface area contributed by atoms with E-state index in [1.54, 1.807) is 25.4 Å². The molecule has 9 nitrogen and oxygen atoms in total. The summed E-state index contributed by atoms with van der Waals surface area (Å²) >= 11 is 0. The Labute approximate surface area is 122 Å². The van der Waals surface area contributed by atoms with Gasteiger partial charge >= 0.3 is 0 Å². The number of rotatable bonds is 6. The summed E-state index contributed by atoms with van der Waals surface area (Å²) in [4.78, 5) is 24.0. The van der Waals surface area contributed by atoms with Crippen molar-refractivity contribution in [3.05, 3.63) is 18.5 Å². The van der Waals surface area contributed by atoms with Crippen LogP contribution in [0.1, 0.15) is 20.3 Å². The van der Waals surface area contributed by atoms with Gasteiger partial charge in [-0.15, -0.1) is 0 Å². The zero-order valence-corrected chi connectivity index (χ0v) is 11.9. The van der Waals surface area contributed by atoms with Crippen molar-refractivity contribution in [2.75, 3.05) is 17.6 Å². The highest BCUT2D eigenvalue weighted by Gasteiger charge is 2.14. The molecule has 21 heavy (non-hydrogen) atoms. The van der Waals surface area contributed by atoms with Gasteiger partial charge in [0, 0.05) is 18.9 Å². The van der Waals surface area contributed by atoms with Crippen molar-refractivity contribution in [3.8, 4) is 5.95 Å². The zero-order chi connectivity index (χ0) is 15.2.